The van der Waals surface area contributed by atoms with Gasteiger partial charge < -0.3 is 25.1 Å². The third kappa shape index (κ3) is 2.95. The summed E-state index contributed by atoms with van der Waals surface area (Å²) >= 11 is 0. The molecule has 0 aliphatic heterocycles. The molecule has 20 heavy (non-hydrogen) atoms. The molecule has 2 aromatic carbocycles. The van der Waals surface area contributed by atoms with Gasteiger partial charge in [0.1, 0.15) is 11.5 Å². The van der Waals surface area contributed by atoms with Gasteiger partial charge in [0.25, 0.3) is 0 Å². The predicted molar refractivity (Wildman–Crippen MR) is 76.4 cm³/mol. The summed E-state index contributed by atoms with van der Waals surface area (Å²) in [4.78, 5) is 0. The normalized spacial score (nSPS) is 10.2. The number of rotatable bonds is 5. The average molecular weight is 275 g/mol. The average Bonchev–Trinajstić information content (AvgIpc) is 2.49. The van der Waals surface area contributed by atoms with Crippen molar-refractivity contribution in [1.29, 1.82) is 0 Å². The van der Waals surface area contributed by atoms with E-state index in [4.69, 9.17) is 25.1 Å². The second-order valence-electron chi connectivity index (χ2n) is 4.15. The first-order valence-corrected chi connectivity index (χ1v) is 6.07. The number of hydrogen-bond acceptors (Lipinski definition) is 5. The van der Waals surface area contributed by atoms with Crippen molar-refractivity contribution in [2.45, 2.75) is 6.61 Å². The van der Waals surface area contributed by atoms with Crippen LogP contribution in [-0.4, -0.2) is 19.3 Å². The Labute approximate surface area is 117 Å². The van der Waals surface area contributed by atoms with Gasteiger partial charge in [-0.3, -0.25) is 0 Å². The molecule has 0 bridgehead atoms. The fourth-order valence-electron chi connectivity index (χ4n) is 1.78. The van der Waals surface area contributed by atoms with Gasteiger partial charge in [0.05, 0.1) is 26.5 Å². The lowest BCUT2D eigenvalue weighted by molar-refractivity contribution is 0.280. The summed E-state index contributed by atoms with van der Waals surface area (Å²) in [5.41, 5.74) is 7.05. The number of hydrogen-bond donors (Lipinski definition) is 2. The summed E-state index contributed by atoms with van der Waals surface area (Å²) < 4.78 is 16.2. The summed E-state index contributed by atoms with van der Waals surface area (Å²) in [6.07, 6.45) is 0. The van der Waals surface area contributed by atoms with Crippen molar-refractivity contribution < 1.29 is 19.3 Å². The van der Waals surface area contributed by atoms with Gasteiger partial charge in [0, 0.05) is 6.07 Å². The van der Waals surface area contributed by atoms with E-state index in [2.05, 4.69) is 0 Å². The SMILES string of the molecule is COc1cc(Oc2ccc(CO)cc2OC)ccc1N. The van der Waals surface area contributed by atoms with Crippen LogP contribution in [0.3, 0.4) is 0 Å². The Morgan fingerprint density at radius 3 is 2.35 bits per heavy atom. The Balaban J connectivity index is 2.29. The van der Waals surface area contributed by atoms with Gasteiger partial charge in [0.2, 0.25) is 0 Å². The third-order valence-corrected chi connectivity index (χ3v) is 2.84. The molecule has 0 fully saturated rings. The van der Waals surface area contributed by atoms with Gasteiger partial charge in [-0.25, -0.2) is 0 Å². The van der Waals surface area contributed by atoms with Crippen LogP contribution in [0.15, 0.2) is 36.4 Å². The van der Waals surface area contributed by atoms with E-state index in [-0.39, 0.29) is 6.61 Å². The van der Waals surface area contributed by atoms with Crippen LogP contribution >= 0.6 is 0 Å². The van der Waals surface area contributed by atoms with E-state index in [1.807, 2.05) is 0 Å². The molecule has 0 saturated carbocycles. The minimum atomic E-state index is -0.0493. The summed E-state index contributed by atoms with van der Waals surface area (Å²) in [7, 11) is 3.10. The topological polar surface area (TPSA) is 73.9 Å². The number of methoxy groups -OCH3 is 2. The highest BCUT2D eigenvalue weighted by Crippen LogP contribution is 2.35. The molecule has 0 aliphatic carbocycles. The molecule has 0 radical (unpaired) electrons. The van der Waals surface area contributed by atoms with Gasteiger partial charge >= 0.3 is 0 Å². The molecule has 2 rings (SSSR count). The van der Waals surface area contributed by atoms with E-state index in [0.29, 0.717) is 28.7 Å². The Morgan fingerprint density at radius 1 is 0.950 bits per heavy atom. The zero-order valence-electron chi connectivity index (χ0n) is 11.4. The molecule has 0 amide bonds. The van der Waals surface area contributed by atoms with E-state index in [1.54, 1.807) is 50.6 Å². The van der Waals surface area contributed by atoms with Crippen LogP contribution in [0.25, 0.3) is 0 Å². The molecule has 5 nitrogen and oxygen atoms in total. The van der Waals surface area contributed by atoms with Crippen LogP contribution in [0.4, 0.5) is 5.69 Å². The Bertz CT molecular complexity index is 598. The van der Waals surface area contributed by atoms with Crippen LogP contribution in [0, 0.1) is 0 Å². The lowest BCUT2D eigenvalue weighted by Crippen LogP contribution is -1.95. The molecule has 0 unspecified atom stereocenters. The van der Waals surface area contributed by atoms with Crippen LogP contribution in [0.5, 0.6) is 23.0 Å². The molecule has 0 atom stereocenters. The van der Waals surface area contributed by atoms with Gasteiger partial charge in [-0.15, -0.1) is 0 Å². The van der Waals surface area contributed by atoms with Crippen molar-refractivity contribution in [2.75, 3.05) is 20.0 Å². The number of ether oxygens (including phenoxy) is 3. The molecule has 0 heterocycles. The first-order valence-electron chi connectivity index (χ1n) is 6.07. The molecule has 3 N–H and O–H groups in total. The maximum absolute atomic E-state index is 9.11. The van der Waals surface area contributed by atoms with E-state index in [1.165, 1.54) is 0 Å². The second-order valence-corrected chi connectivity index (χ2v) is 4.15. The predicted octanol–water partition coefficient (Wildman–Crippen LogP) is 2.57. The summed E-state index contributed by atoms with van der Waals surface area (Å²) in [6.45, 7) is -0.0493. The fraction of sp³-hybridized carbons (Fsp3) is 0.200. The highest BCUT2D eigenvalue weighted by molar-refractivity contribution is 5.56. The molecule has 0 aliphatic rings. The number of nitrogen functional groups attached to an aromatic ring is 1. The number of aliphatic hydroxyl groups is 1. The molecular formula is C15H17NO4. The molecule has 0 saturated heterocycles. The highest BCUT2D eigenvalue weighted by atomic mass is 16.5. The third-order valence-electron chi connectivity index (χ3n) is 2.84. The summed E-state index contributed by atoms with van der Waals surface area (Å²) in [5.74, 6) is 2.24. The van der Waals surface area contributed by atoms with E-state index < -0.39 is 0 Å². The van der Waals surface area contributed by atoms with Crippen molar-refractivity contribution in [3.8, 4) is 23.0 Å². The first kappa shape index (κ1) is 14.0. The summed E-state index contributed by atoms with van der Waals surface area (Å²) in [6, 6.07) is 10.4. The van der Waals surface area contributed by atoms with Gasteiger partial charge in [-0.2, -0.15) is 0 Å². The smallest absolute Gasteiger partial charge is 0.169 e. The van der Waals surface area contributed by atoms with Crippen molar-refractivity contribution in [3.05, 3.63) is 42.0 Å². The summed E-state index contributed by atoms with van der Waals surface area (Å²) in [5, 5.41) is 9.11. The van der Waals surface area contributed by atoms with Crippen LogP contribution in [0.2, 0.25) is 0 Å². The van der Waals surface area contributed by atoms with Crippen molar-refractivity contribution >= 4 is 5.69 Å². The number of benzene rings is 2. The standard InChI is InChI=1S/C15H17NO4/c1-18-14-8-11(4-5-12(14)16)20-13-6-3-10(9-17)7-15(13)19-2/h3-8,17H,9,16H2,1-2H3. The first-order chi connectivity index (χ1) is 9.67. The molecule has 5 heteroatoms. The van der Waals surface area contributed by atoms with Crippen LogP contribution in [0.1, 0.15) is 5.56 Å². The minimum absolute atomic E-state index is 0.0493. The maximum Gasteiger partial charge on any atom is 0.169 e. The fourth-order valence-corrected chi connectivity index (χ4v) is 1.78. The van der Waals surface area contributed by atoms with E-state index in [0.717, 1.165) is 5.56 Å². The monoisotopic (exact) mass is 275 g/mol. The van der Waals surface area contributed by atoms with Gasteiger partial charge in [-0.1, -0.05) is 6.07 Å². The zero-order chi connectivity index (χ0) is 14.5. The van der Waals surface area contributed by atoms with Crippen molar-refractivity contribution in [2.24, 2.45) is 0 Å². The minimum Gasteiger partial charge on any atom is -0.494 e. The van der Waals surface area contributed by atoms with Crippen LogP contribution < -0.4 is 19.9 Å². The molecule has 0 aromatic heterocycles. The van der Waals surface area contributed by atoms with Gasteiger partial charge in [-0.05, 0) is 29.8 Å². The van der Waals surface area contributed by atoms with E-state index in [9.17, 15) is 0 Å². The number of anilines is 1. The lowest BCUT2D eigenvalue weighted by atomic mass is 10.2. The van der Waals surface area contributed by atoms with Crippen molar-refractivity contribution in [1.82, 2.24) is 0 Å². The van der Waals surface area contributed by atoms with E-state index >= 15 is 0 Å². The maximum atomic E-state index is 9.11. The Morgan fingerprint density at radius 2 is 1.70 bits per heavy atom. The molecule has 2 aromatic rings. The highest BCUT2D eigenvalue weighted by Gasteiger charge is 2.08. The number of nitrogens with two attached hydrogens (primary N) is 1. The van der Waals surface area contributed by atoms with Crippen molar-refractivity contribution in [3.63, 3.8) is 0 Å². The van der Waals surface area contributed by atoms with Gasteiger partial charge in [0.15, 0.2) is 11.5 Å². The molecular weight excluding hydrogens is 258 g/mol. The lowest BCUT2D eigenvalue weighted by Gasteiger charge is -2.12. The number of aliphatic hydroxyl groups excluding tert-OH is 1. The Kier molecular flexibility index (Phi) is 4.32. The van der Waals surface area contributed by atoms with Crippen LogP contribution in [-0.2, 0) is 6.61 Å². The second kappa shape index (κ2) is 6.16. The largest absolute Gasteiger partial charge is 0.494 e. The zero-order valence-corrected chi connectivity index (χ0v) is 11.4. The molecule has 0 spiro atoms. The Hall–Kier alpha value is -2.40. The molecule has 106 valence electrons. The quantitative estimate of drug-likeness (QED) is 0.820.